The molecule has 0 amide bonds. The summed E-state index contributed by atoms with van der Waals surface area (Å²) in [5.41, 5.74) is 0.909. The number of sulfone groups is 1. The Kier molecular flexibility index (Phi) is 5.28. The highest BCUT2D eigenvalue weighted by atomic mass is 79.9. The fourth-order valence-corrected chi connectivity index (χ4v) is 5.34. The zero-order valence-electron chi connectivity index (χ0n) is 10.8. The predicted molar refractivity (Wildman–Crippen MR) is 82.9 cm³/mol. The van der Waals surface area contributed by atoms with Crippen molar-refractivity contribution in [3.8, 4) is 0 Å². The molecule has 1 aromatic heterocycles. The molecule has 1 aliphatic rings. The molecule has 1 fully saturated rings. The van der Waals surface area contributed by atoms with Crippen LogP contribution in [0, 0.1) is 0 Å². The van der Waals surface area contributed by atoms with Gasteiger partial charge in [-0.15, -0.1) is 0 Å². The molecule has 0 saturated carbocycles. The van der Waals surface area contributed by atoms with Gasteiger partial charge in [0.15, 0.2) is 9.84 Å². The molecule has 7 heteroatoms. The second-order valence-corrected chi connectivity index (χ2v) is 8.93. The zero-order chi connectivity index (χ0) is 13.9. The standard InChI is InChI=1S/C12H17BrN2O2S2/c1-2-19(16,17)12-9-18-6-5-15(12)8-11-4-3-10(13)7-14-11/h3-4,7,12H,2,5-6,8-9H2,1H3. The van der Waals surface area contributed by atoms with Crippen LogP contribution in [0.3, 0.4) is 0 Å². The Morgan fingerprint density at radius 3 is 2.95 bits per heavy atom. The van der Waals surface area contributed by atoms with Crippen molar-refractivity contribution < 1.29 is 8.42 Å². The van der Waals surface area contributed by atoms with Crippen LogP contribution in [0.25, 0.3) is 0 Å². The van der Waals surface area contributed by atoms with Gasteiger partial charge in [-0.25, -0.2) is 8.42 Å². The Balaban J connectivity index is 2.14. The van der Waals surface area contributed by atoms with E-state index in [1.165, 1.54) is 0 Å². The lowest BCUT2D eigenvalue weighted by molar-refractivity contribution is 0.258. The number of nitrogens with zero attached hydrogens (tertiary/aromatic N) is 2. The first-order valence-corrected chi connectivity index (χ1v) is 9.83. The van der Waals surface area contributed by atoms with E-state index in [-0.39, 0.29) is 11.1 Å². The van der Waals surface area contributed by atoms with Gasteiger partial charge in [0.05, 0.1) is 5.69 Å². The summed E-state index contributed by atoms with van der Waals surface area (Å²) in [6, 6.07) is 3.87. The smallest absolute Gasteiger partial charge is 0.166 e. The van der Waals surface area contributed by atoms with Crippen LogP contribution in [-0.4, -0.2) is 47.5 Å². The average Bonchev–Trinajstić information content (AvgIpc) is 2.42. The fraction of sp³-hybridized carbons (Fsp3) is 0.583. The van der Waals surface area contributed by atoms with Crippen LogP contribution < -0.4 is 0 Å². The van der Waals surface area contributed by atoms with Crippen LogP contribution in [0.2, 0.25) is 0 Å². The lowest BCUT2D eigenvalue weighted by Crippen LogP contribution is -2.47. The lowest BCUT2D eigenvalue weighted by atomic mass is 10.3. The summed E-state index contributed by atoms with van der Waals surface area (Å²) in [5.74, 6) is 1.83. The van der Waals surface area contributed by atoms with Gasteiger partial charge in [0.25, 0.3) is 0 Å². The molecule has 19 heavy (non-hydrogen) atoms. The number of rotatable bonds is 4. The second kappa shape index (κ2) is 6.56. The van der Waals surface area contributed by atoms with E-state index in [1.807, 2.05) is 17.0 Å². The zero-order valence-corrected chi connectivity index (χ0v) is 14.0. The van der Waals surface area contributed by atoms with Gasteiger partial charge in [0.2, 0.25) is 0 Å². The number of pyridine rings is 1. The van der Waals surface area contributed by atoms with Crippen molar-refractivity contribution in [2.75, 3.05) is 23.8 Å². The quantitative estimate of drug-likeness (QED) is 0.819. The summed E-state index contributed by atoms with van der Waals surface area (Å²) in [5, 5.41) is -0.373. The van der Waals surface area contributed by atoms with Crippen molar-refractivity contribution in [2.24, 2.45) is 0 Å². The van der Waals surface area contributed by atoms with E-state index in [9.17, 15) is 8.42 Å². The molecule has 4 nitrogen and oxygen atoms in total. The first-order valence-electron chi connectivity index (χ1n) is 6.16. The Morgan fingerprint density at radius 2 is 2.32 bits per heavy atom. The summed E-state index contributed by atoms with van der Waals surface area (Å²) in [4.78, 5) is 6.36. The number of halogens is 1. The number of aromatic nitrogens is 1. The van der Waals surface area contributed by atoms with E-state index in [4.69, 9.17) is 0 Å². The van der Waals surface area contributed by atoms with E-state index >= 15 is 0 Å². The Labute approximate surface area is 127 Å². The molecule has 2 rings (SSSR count). The minimum Gasteiger partial charge on any atom is -0.280 e. The van der Waals surface area contributed by atoms with Gasteiger partial charge < -0.3 is 0 Å². The van der Waals surface area contributed by atoms with Gasteiger partial charge in [-0.2, -0.15) is 11.8 Å². The minimum atomic E-state index is -3.03. The van der Waals surface area contributed by atoms with Crippen molar-refractivity contribution in [3.05, 3.63) is 28.5 Å². The van der Waals surface area contributed by atoms with Gasteiger partial charge in [-0.1, -0.05) is 6.92 Å². The molecule has 1 aliphatic heterocycles. The molecular weight excluding hydrogens is 348 g/mol. The number of thioether (sulfide) groups is 1. The van der Waals surface area contributed by atoms with Crippen molar-refractivity contribution in [1.82, 2.24) is 9.88 Å². The van der Waals surface area contributed by atoms with E-state index in [2.05, 4.69) is 20.9 Å². The average molecular weight is 365 g/mol. The third kappa shape index (κ3) is 3.93. The highest BCUT2D eigenvalue weighted by molar-refractivity contribution is 9.10. The third-order valence-electron chi connectivity index (χ3n) is 3.16. The molecule has 0 bridgehead atoms. The summed E-state index contributed by atoms with van der Waals surface area (Å²) in [6.07, 6.45) is 1.75. The van der Waals surface area contributed by atoms with Crippen molar-refractivity contribution in [3.63, 3.8) is 0 Å². The van der Waals surface area contributed by atoms with Crippen molar-refractivity contribution in [1.29, 1.82) is 0 Å². The first-order chi connectivity index (χ1) is 9.03. The maximum Gasteiger partial charge on any atom is 0.166 e. The summed E-state index contributed by atoms with van der Waals surface area (Å²) < 4.78 is 25.2. The van der Waals surface area contributed by atoms with Crippen LogP contribution in [0.5, 0.6) is 0 Å². The molecule has 0 spiro atoms. The summed E-state index contributed by atoms with van der Waals surface area (Å²) >= 11 is 5.06. The number of hydrogen-bond acceptors (Lipinski definition) is 5. The maximum atomic E-state index is 12.1. The summed E-state index contributed by atoms with van der Waals surface area (Å²) in [6.45, 7) is 3.11. The van der Waals surface area contributed by atoms with Crippen molar-refractivity contribution in [2.45, 2.75) is 18.8 Å². The fourth-order valence-electron chi connectivity index (χ4n) is 2.03. The number of hydrogen-bond donors (Lipinski definition) is 0. The maximum absolute atomic E-state index is 12.1. The van der Waals surface area contributed by atoms with Crippen LogP contribution in [0.4, 0.5) is 0 Å². The van der Waals surface area contributed by atoms with Crippen LogP contribution in [0.15, 0.2) is 22.8 Å². The predicted octanol–water partition coefficient (Wildman–Crippen LogP) is 2.15. The summed E-state index contributed by atoms with van der Waals surface area (Å²) in [7, 11) is -3.03. The molecule has 2 heterocycles. The van der Waals surface area contributed by atoms with Gasteiger partial charge in [0, 0.05) is 41.0 Å². The highest BCUT2D eigenvalue weighted by Gasteiger charge is 2.32. The molecule has 0 aliphatic carbocycles. The SMILES string of the molecule is CCS(=O)(=O)C1CSCCN1Cc1ccc(Br)cn1. The highest BCUT2D eigenvalue weighted by Crippen LogP contribution is 2.23. The molecule has 1 saturated heterocycles. The monoisotopic (exact) mass is 364 g/mol. The van der Waals surface area contributed by atoms with E-state index in [1.54, 1.807) is 24.9 Å². The first kappa shape index (κ1) is 15.3. The van der Waals surface area contributed by atoms with Crippen LogP contribution >= 0.6 is 27.7 Å². The Hall–Kier alpha value is -0.110. The Bertz CT molecular complexity index is 519. The van der Waals surface area contributed by atoms with Crippen LogP contribution in [0.1, 0.15) is 12.6 Å². The molecule has 1 atom stereocenters. The van der Waals surface area contributed by atoms with Crippen LogP contribution in [-0.2, 0) is 16.4 Å². The van der Waals surface area contributed by atoms with E-state index in [0.29, 0.717) is 12.3 Å². The second-order valence-electron chi connectivity index (χ2n) is 4.42. The molecule has 1 aromatic rings. The van der Waals surface area contributed by atoms with E-state index in [0.717, 1.165) is 22.5 Å². The third-order valence-corrected chi connectivity index (χ3v) is 6.96. The molecule has 106 valence electrons. The largest absolute Gasteiger partial charge is 0.280 e. The lowest BCUT2D eigenvalue weighted by Gasteiger charge is -2.34. The van der Waals surface area contributed by atoms with Gasteiger partial charge in [-0.3, -0.25) is 9.88 Å². The van der Waals surface area contributed by atoms with Gasteiger partial charge in [0.1, 0.15) is 5.37 Å². The molecular formula is C12H17BrN2O2S2. The Morgan fingerprint density at radius 1 is 1.53 bits per heavy atom. The molecule has 0 aromatic carbocycles. The normalized spacial score (nSPS) is 21.5. The molecule has 1 unspecified atom stereocenters. The minimum absolute atomic E-state index is 0.197. The van der Waals surface area contributed by atoms with Gasteiger partial charge in [-0.05, 0) is 28.1 Å². The topological polar surface area (TPSA) is 50.3 Å². The molecule has 0 N–H and O–H groups in total. The van der Waals surface area contributed by atoms with Crippen molar-refractivity contribution >= 4 is 37.5 Å². The molecule has 0 radical (unpaired) electrons. The van der Waals surface area contributed by atoms with E-state index < -0.39 is 9.84 Å². The van der Waals surface area contributed by atoms with Gasteiger partial charge >= 0.3 is 0 Å².